The lowest BCUT2D eigenvalue weighted by atomic mass is 10.1. The summed E-state index contributed by atoms with van der Waals surface area (Å²) in [6.07, 6.45) is 0. The molecule has 0 fully saturated rings. The number of pyridine rings is 1. The van der Waals surface area contributed by atoms with Crippen molar-refractivity contribution in [2.45, 2.75) is 27.7 Å². The first-order valence-corrected chi connectivity index (χ1v) is 5.99. The molecule has 0 radical (unpaired) electrons. The Labute approximate surface area is 108 Å². The van der Waals surface area contributed by atoms with Crippen molar-refractivity contribution in [3.8, 4) is 5.75 Å². The summed E-state index contributed by atoms with van der Waals surface area (Å²) in [5.41, 5.74) is 4.72. The van der Waals surface area contributed by atoms with Gasteiger partial charge in [-0.15, -0.1) is 0 Å². The molecule has 0 amide bonds. The SMILES string of the molecule is Cc1ccc(Nc2nc(C)c(O)c(C)c2C)cc1. The van der Waals surface area contributed by atoms with Gasteiger partial charge >= 0.3 is 0 Å². The van der Waals surface area contributed by atoms with Gasteiger partial charge in [-0.25, -0.2) is 4.98 Å². The highest BCUT2D eigenvalue weighted by Crippen LogP contribution is 2.29. The van der Waals surface area contributed by atoms with Gasteiger partial charge in [-0.1, -0.05) is 17.7 Å². The van der Waals surface area contributed by atoms with Gasteiger partial charge in [-0.3, -0.25) is 0 Å². The molecule has 18 heavy (non-hydrogen) atoms. The van der Waals surface area contributed by atoms with Crippen molar-refractivity contribution in [3.05, 3.63) is 46.6 Å². The van der Waals surface area contributed by atoms with Crippen molar-refractivity contribution in [1.82, 2.24) is 4.98 Å². The fourth-order valence-corrected chi connectivity index (χ4v) is 1.83. The number of hydrogen-bond donors (Lipinski definition) is 2. The Morgan fingerprint density at radius 1 is 0.944 bits per heavy atom. The minimum absolute atomic E-state index is 0.280. The molecule has 0 spiro atoms. The number of anilines is 2. The lowest BCUT2D eigenvalue weighted by Gasteiger charge is -2.13. The molecule has 0 saturated carbocycles. The largest absolute Gasteiger partial charge is 0.506 e. The van der Waals surface area contributed by atoms with Crippen molar-refractivity contribution in [2.24, 2.45) is 0 Å². The van der Waals surface area contributed by atoms with E-state index in [-0.39, 0.29) is 5.75 Å². The molecular formula is C15H18N2O. The van der Waals surface area contributed by atoms with Gasteiger partial charge < -0.3 is 10.4 Å². The van der Waals surface area contributed by atoms with Gasteiger partial charge in [0.05, 0.1) is 5.69 Å². The monoisotopic (exact) mass is 242 g/mol. The molecule has 0 aliphatic carbocycles. The molecule has 1 heterocycles. The number of benzene rings is 1. The summed E-state index contributed by atoms with van der Waals surface area (Å²) in [5.74, 6) is 1.08. The number of hydrogen-bond acceptors (Lipinski definition) is 3. The first-order valence-electron chi connectivity index (χ1n) is 5.99. The van der Waals surface area contributed by atoms with Crippen LogP contribution in [0.2, 0.25) is 0 Å². The Hall–Kier alpha value is -2.03. The van der Waals surface area contributed by atoms with Crippen LogP contribution < -0.4 is 5.32 Å². The van der Waals surface area contributed by atoms with E-state index < -0.39 is 0 Å². The summed E-state index contributed by atoms with van der Waals surface area (Å²) in [5, 5.41) is 13.1. The van der Waals surface area contributed by atoms with Gasteiger partial charge in [0, 0.05) is 5.69 Å². The second-order valence-corrected chi connectivity index (χ2v) is 4.64. The molecule has 0 atom stereocenters. The van der Waals surface area contributed by atoms with Crippen LogP contribution in [0.3, 0.4) is 0 Å². The minimum Gasteiger partial charge on any atom is -0.506 e. The molecular weight excluding hydrogens is 224 g/mol. The molecule has 3 nitrogen and oxygen atoms in total. The lowest BCUT2D eigenvalue weighted by Crippen LogP contribution is -2.00. The third-order valence-corrected chi connectivity index (χ3v) is 3.21. The third-order valence-electron chi connectivity index (χ3n) is 3.21. The second kappa shape index (κ2) is 4.69. The first kappa shape index (κ1) is 12.4. The Balaban J connectivity index is 2.38. The molecule has 1 aromatic heterocycles. The van der Waals surface area contributed by atoms with Crippen molar-refractivity contribution in [3.63, 3.8) is 0 Å². The van der Waals surface area contributed by atoms with E-state index in [0.717, 1.165) is 22.6 Å². The van der Waals surface area contributed by atoms with Gasteiger partial charge in [-0.05, 0) is 51.0 Å². The van der Waals surface area contributed by atoms with Crippen LogP contribution >= 0.6 is 0 Å². The van der Waals surface area contributed by atoms with Crippen molar-refractivity contribution >= 4 is 11.5 Å². The maximum Gasteiger partial charge on any atom is 0.140 e. The average molecular weight is 242 g/mol. The van der Waals surface area contributed by atoms with E-state index in [2.05, 4.69) is 29.4 Å². The van der Waals surface area contributed by atoms with Crippen molar-refractivity contribution < 1.29 is 5.11 Å². The van der Waals surface area contributed by atoms with Gasteiger partial charge in [0.1, 0.15) is 11.6 Å². The first-order chi connectivity index (χ1) is 8.49. The van der Waals surface area contributed by atoms with Crippen molar-refractivity contribution in [2.75, 3.05) is 5.32 Å². The number of rotatable bonds is 2. The van der Waals surface area contributed by atoms with E-state index in [9.17, 15) is 5.11 Å². The van der Waals surface area contributed by atoms with Gasteiger partial charge in [0.15, 0.2) is 0 Å². The zero-order chi connectivity index (χ0) is 13.3. The minimum atomic E-state index is 0.280. The maximum absolute atomic E-state index is 9.82. The predicted molar refractivity (Wildman–Crippen MR) is 74.6 cm³/mol. The van der Waals surface area contributed by atoms with Crippen LogP contribution in [0.25, 0.3) is 0 Å². The normalized spacial score (nSPS) is 10.4. The number of nitrogens with one attached hydrogen (secondary N) is 1. The zero-order valence-corrected chi connectivity index (χ0v) is 11.2. The molecule has 0 unspecified atom stereocenters. The number of aryl methyl sites for hydroxylation is 2. The average Bonchev–Trinajstić information content (AvgIpc) is 2.36. The molecule has 94 valence electrons. The van der Waals surface area contributed by atoms with Gasteiger partial charge in [0.25, 0.3) is 0 Å². The van der Waals surface area contributed by atoms with Crippen LogP contribution in [0.4, 0.5) is 11.5 Å². The van der Waals surface area contributed by atoms with E-state index in [1.807, 2.05) is 32.9 Å². The lowest BCUT2D eigenvalue weighted by molar-refractivity contribution is 0.463. The van der Waals surface area contributed by atoms with E-state index in [1.165, 1.54) is 5.56 Å². The molecule has 2 N–H and O–H groups in total. The van der Waals surface area contributed by atoms with E-state index in [0.29, 0.717) is 5.69 Å². The number of aromatic hydroxyl groups is 1. The molecule has 0 bridgehead atoms. The summed E-state index contributed by atoms with van der Waals surface area (Å²) in [7, 11) is 0. The fourth-order valence-electron chi connectivity index (χ4n) is 1.83. The zero-order valence-electron chi connectivity index (χ0n) is 11.2. The summed E-state index contributed by atoms with van der Waals surface area (Å²) in [6, 6.07) is 8.15. The quantitative estimate of drug-likeness (QED) is 0.842. The molecule has 2 aromatic rings. The number of nitrogens with zero attached hydrogens (tertiary/aromatic N) is 1. The molecule has 0 aliphatic heterocycles. The highest BCUT2D eigenvalue weighted by Gasteiger charge is 2.10. The van der Waals surface area contributed by atoms with Crippen LogP contribution in [0.15, 0.2) is 24.3 Å². The summed E-state index contributed by atoms with van der Waals surface area (Å²) >= 11 is 0. The molecule has 0 aliphatic rings. The van der Waals surface area contributed by atoms with Crippen LogP contribution in [-0.4, -0.2) is 10.1 Å². The Morgan fingerprint density at radius 3 is 2.17 bits per heavy atom. The predicted octanol–water partition coefficient (Wildman–Crippen LogP) is 3.76. The van der Waals surface area contributed by atoms with Crippen molar-refractivity contribution in [1.29, 1.82) is 0 Å². The van der Waals surface area contributed by atoms with Crippen LogP contribution in [0.5, 0.6) is 5.75 Å². The Morgan fingerprint density at radius 2 is 1.56 bits per heavy atom. The number of aromatic nitrogens is 1. The van der Waals surface area contributed by atoms with Crippen LogP contribution in [0.1, 0.15) is 22.4 Å². The topological polar surface area (TPSA) is 45.2 Å². The van der Waals surface area contributed by atoms with E-state index in [4.69, 9.17) is 0 Å². The van der Waals surface area contributed by atoms with Gasteiger partial charge in [-0.2, -0.15) is 0 Å². The molecule has 2 rings (SSSR count). The van der Waals surface area contributed by atoms with E-state index >= 15 is 0 Å². The summed E-state index contributed by atoms with van der Waals surface area (Å²) in [4.78, 5) is 4.39. The summed E-state index contributed by atoms with van der Waals surface area (Å²) in [6.45, 7) is 7.72. The standard InChI is InChI=1S/C15H18N2O/c1-9-5-7-13(8-6-9)17-15-11(3)10(2)14(18)12(4)16-15/h5-8,18H,1-4H3,(H,16,17). The molecule has 0 saturated heterocycles. The Bertz CT molecular complexity index is 574. The third kappa shape index (κ3) is 2.30. The smallest absolute Gasteiger partial charge is 0.140 e. The Kier molecular flexibility index (Phi) is 3.24. The van der Waals surface area contributed by atoms with Crippen LogP contribution in [0, 0.1) is 27.7 Å². The highest BCUT2D eigenvalue weighted by molar-refractivity contribution is 5.63. The fraction of sp³-hybridized carbons (Fsp3) is 0.267. The maximum atomic E-state index is 9.82. The van der Waals surface area contributed by atoms with E-state index in [1.54, 1.807) is 0 Å². The second-order valence-electron chi connectivity index (χ2n) is 4.64. The van der Waals surface area contributed by atoms with Gasteiger partial charge in [0.2, 0.25) is 0 Å². The summed E-state index contributed by atoms with van der Waals surface area (Å²) < 4.78 is 0. The highest BCUT2D eigenvalue weighted by atomic mass is 16.3. The molecule has 1 aromatic carbocycles. The van der Waals surface area contributed by atoms with Crippen LogP contribution in [-0.2, 0) is 0 Å². The molecule has 3 heteroatoms.